The summed E-state index contributed by atoms with van der Waals surface area (Å²) >= 11 is 1.96. The SMILES string of the molecule is CC1(C)c2cc(C=Cc3cccc(-c4cccc(N5c6ccccc6SC6C=CC=CC65)c4)c3)ccc2-c2ccc(N3CCCc4ccccc43)cc21. The number of allylic oxidation sites excluding steroid dienone is 2. The second kappa shape index (κ2) is 12.9. The Hall–Kier alpha value is -5.51. The minimum atomic E-state index is -0.0813. The minimum Gasteiger partial charge on any atom is -0.341 e. The molecule has 6 aromatic rings. The van der Waals surface area contributed by atoms with Crippen LogP contribution in [0.2, 0.25) is 0 Å². The van der Waals surface area contributed by atoms with Crippen molar-refractivity contribution in [2.24, 2.45) is 0 Å². The molecular weight excluding hydrogens is 661 g/mol. The van der Waals surface area contributed by atoms with Crippen LogP contribution < -0.4 is 9.80 Å². The van der Waals surface area contributed by atoms with Crippen LogP contribution in [0, 0.1) is 0 Å². The van der Waals surface area contributed by atoms with Gasteiger partial charge < -0.3 is 9.80 Å². The molecule has 2 nitrogen and oxygen atoms in total. The van der Waals surface area contributed by atoms with Crippen LogP contribution in [0.5, 0.6) is 0 Å². The number of hydrogen-bond donors (Lipinski definition) is 0. The standard InChI is InChI=1S/C50H42N2S/c1-50(2)43-31-35(25-27-41(43)42-28-26-39(33-44(42)50)51-29-11-16-36-13-3-4-18-45(36)51)24-23-34-12-9-14-37(30-34)38-15-10-17-40(32-38)52-46-19-5-7-21-48(46)53-49-22-8-6-20-47(49)52/h3-10,12-15,17-28,30-33,46,48H,11,16,29H2,1-2H3. The molecule has 53 heavy (non-hydrogen) atoms. The fourth-order valence-corrected chi connectivity index (χ4v) is 10.2. The van der Waals surface area contributed by atoms with E-state index in [0.29, 0.717) is 5.25 Å². The first kappa shape index (κ1) is 32.2. The lowest BCUT2D eigenvalue weighted by molar-refractivity contribution is 0.659. The number of thioether (sulfide) groups is 1. The van der Waals surface area contributed by atoms with E-state index in [1.807, 2.05) is 11.8 Å². The predicted molar refractivity (Wildman–Crippen MR) is 227 cm³/mol. The van der Waals surface area contributed by atoms with E-state index in [1.54, 1.807) is 0 Å². The number of fused-ring (bicyclic) bond motifs is 6. The molecule has 258 valence electrons. The topological polar surface area (TPSA) is 6.48 Å². The second-order valence-corrected chi connectivity index (χ2v) is 16.5. The van der Waals surface area contributed by atoms with E-state index in [4.69, 9.17) is 0 Å². The summed E-state index contributed by atoms with van der Waals surface area (Å²) in [6.07, 6.45) is 15.9. The molecule has 0 aromatic heterocycles. The third-order valence-corrected chi connectivity index (χ3v) is 13.0. The highest BCUT2D eigenvalue weighted by Crippen LogP contribution is 2.51. The number of para-hydroxylation sites is 2. The molecule has 2 atom stereocenters. The van der Waals surface area contributed by atoms with Crippen molar-refractivity contribution >= 4 is 46.7 Å². The normalized spacial score (nSPS) is 19.1. The third-order valence-electron chi connectivity index (χ3n) is 11.7. The largest absolute Gasteiger partial charge is 0.341 e. The molecule has 2 unspecified atom stereocenters. The molecule has 2 heterocycles. The summed E-state index contributed by atoms with van der Waals surface area (Å²) in [6, 6.07) is 50.1. The number of rotatable bonds is 5. The van der Waals surface area contributed by atoms with Crippen molar-refractivity contribution in [3.8, 4) is 22.3 Å². The molecule has 0 saturated heterocycles. The highest BCUT2D eigenvalue weighted by Gasteiger charge is 2.37. The molecule has 2 aliphatic heterocycles. The minimum absolute atomic E-state index is 0.0813. The molecule has 0 saturated carbocycles. The Kier molecular flexibility index (Phi) is 7.80. The number of anilines is 4. The van der Waals surface area contributed by atoms with Crippen molar-refractivity contribution < 1.29 is 0 Å². The van der Waals surface area contributed by atoms with Crippen LogP contribution in [0.15, 0.2) is 163 Å². The molecule has 0 fully saturated rings. The first-order chi connectivity index (χ1) is 26.0. The number of nitrogens with zero attached hydrogens (tertiary/aromatic N) is 2. The van der Waals surface area contributed by atoms with Crippen LogP contribution in [0.4, 0.5) is 22.7 Å². The van der Waals surface area contributed by atoms with Crippen LogP contribution in [0.25, 0.3) is 34.4 Å². The van der Waals surface area contributed by atoms with Gasteiger partial charge in [0.2, 0.25) is 0 Å². The highest BCUT2D eigenvalue weighted by molar-refractivity contribution is 8.00. The average Bonchev–Trinajstić information content (AvgIpc) is 3.43. The van der Waals surface area contributed by atoms with E-state index in [9.17, 15) is 0 Å². The van der Waals surface area contributed by atoms with Crippen LogP contribution in [0.1, 0.15) is 48.1 Å². The van der Waals surface area contributed by atoms with Crippen LogP contribution in [-0.2, 0) is 11.8 Å². The van der Waals surface area contributed by atoms with Gasteiger partial charge in [-0.1, -0.05) is 135 Å². The van der Waals surface area contributed by atoms with Gasteiger partial charge in [0, 0.05) is 33.9 Å². The molecular formula is C50H42N2S. The van der Waals surface area contributed by atoms with Crippen LogP contribution in [-0.4, -0.2) is 17.8 Å². The fraction of sp³-hybridized carbons (Fsp3) is 0.160. The molecule has 10 rings (SSSR count). The van der Waals surface area contributed by atoms with Gasteiger partial charge in [-0.3, -0.25) is 0 Å². The first-order valence-electron chi connectivity index (χ1n) is 18.9. The van der Waals surface area contributed by atoms with E-state index < -0.39 is 0 Å². The van der Waals surface area contributed by atoms with E-state index in [0.717, 1.165) is 13.0 Å². The van der Waals surface area contributed by atoms with E-state index >= 15 is 0 Å². The molecule has 0 radical (unpaired) electrons. The lowest BCUT2D eigenvalue weighted by atomic mass is 9.81. The third kappa shape index (κ3) is 5.57. The molecule has 0 amide bonds. The molecule has 4 aliphatic rings. The van der Waals surface area contributed by atoms with Gasteiger partial charge in [-0.2, -0.15) is 0 Å². The van der Waals surface area contributed by atoms with Crippen molar-refractivity contribution in [2.45, 2.75) is 48.3 Å². The summed E-state index contributed by atoms with van der Waals surface area (Å²) < 4.78 is 0. The van der Waals surface area contributed by atoms with Gasteiger partial charge in [-0.25, -0.2) is 0 Å². The number of hydrogen-bond acceptors (Lipinski definition) is 3. The summed E-state index contributed by atoms with van der Waals surface area (Å²) in [5.74, 6) is 0. The van der Waals surface area contributed by atoms with Crippen molar-refractivity contribution in [1.29, 1.82) is 0 Å². The van der Waals surface area contributed by atoms with Crippen LogP contribution in [0.3, 0.4) is 0 Å². The smallest absolute Gasteiger partial charge is 0.0683 e. The predicted octanol–water partition coefficient (Wildman–Crippen LogP) is 13.0. The van der Waals surface area contributed by atoms with Gasteiger partial charge in [0.05, 0.1) is 17.0 Å². The van der Waals surface area contributed by atoms with Crippen molar-refractivity contribution in [3.63, 3.8) is 0 Å². The Morgan fingerprint density at radius 3 is 2.23 bits per heavy atom. The quantitative estimate of drug-likeness (QED) is 0.165. The van der Waals surface area contributed by atoms with Gasteiger partial charge in [-0.15, -0.1) is 11.8 Å². The number of benzene rings is 6. The zero-order valence-electron chi connectivity index (χ0n) is 30.2. The van der Waals surface area contributed by atoms with Crippen LogP contribution >= 0.6 is 11.8 Å². The first-order valence-corrected chi connectivity index (χ1v) is 19.8. The maximum Gasteiger partial charge on any atom is 0.0683 e. The molecule has 2 aliphatic carbocycles. The van der Waals surface area contributed by atoms with E-state index in [1.165, 1.54) is 84.1 Å². The lowest BCUT2D eigenvalue weighted by Gasteiger charge is -2.42. The Morgan fingerprint density at radius 2 is 1.34 bits per heavy atom. The fourth-order valence-electron chi connectivity index (χ4n) is 8.96. The second-order valence-electron chi connectivity index (χ2n) is 15.2. The molecule has 0 bridgehead atoms. The van der Waals surface area contributed by atoms with Gasteiger partial charge in [0.15, 0.2) is 0 Å². The molecule has 3 heteroatoms. The Balaban J connectivity index is 0.921. The molecule has 6 aromatic carbocycles. The van der Waals surface area contributed by atoms with Gasteiger partial charge >= 0.3 is 0 Å². The van der Waals surface area contributed by atoms with Gasteiger partial charge in [0.1, 0.15) is 0 Å². The maximum absolute atomic E-state index is 2.52. The number of aryl methyl sites for hydroxylation is 1. The highest BCUT2D eigenvalue weighted by atomic mass is 32.2. The van der Waals surface area contributed by atoms with Gasteiger partial charge in [0.25, 0.3) is 0 Å². The zero-order chi connectivity index (χ0) is 35.5. The maximum atomic E-state index is 2.52. The van der Waals surface area contributed by atoms with Crippen molar-refractivity contribution in [3.05, 3.63) is 186 Å². The summed E-state index contributed by atoms with van der Waals surface area (Å²) in [5, 5.41) is 0.390. The molecule has 0 spiro atoms. The molecule has 0 N–H and O–H groups in total. The summed E-state index contributed by atoms with van der Waals surface area (Å²) in [7, 11) is 0. The summed E-state index contributed by atoms with van der Waals surface area (Å²) in [4.78, 5) is 6.37. The van der Waals surface area contributed by atoms with Crippen molar-refractivity contribution in [2.75, 3.05) is 16.3 Å². The van der Waals surface area contributed by atoms with Gasteiger partial charge in [-0.05, 0) is 111 Å². The average molecular weight is 703 g/mol. The Labute approximate surface area is 317 Å². The summed E-state index contributed by atoms with van der Waals surface area (Å²) in [6.45, 7) is 5.84. The summed E-state index contributed by atoms with van der Waals surface area (Å²) in [5.41, 5.74) is 16.9. The van der Waals surface area contributed by atoms with E-state index in [-0.39, 0.29) is 11.5 Å². The van der Waals surface area contributed by atoms with Crippen molar-refractivity contribution in [1.82, 2.24) is 0 Å². The Bertz CT molecular complexity index is 2480. The van der Waals surface area contributed by atoms with E-state index in [2.05, 4.69) is 194 Å². The lowest BCUT2D eigenvalue weighted by Crippen LogP contribution is -2.41. The Morgan fingerprint density at radius 1 is 0.623 bits per heavy atom. The zero-order valence-corrected chi connectivity index (χ0v) is 31.1. The monoisotopic (exact) mass is 702 g/mol.